The van der Waals surface area contributed by atoms with Crippen LogP contribution in [0.2, 0.25) is 5.02 Å². The third-order valence-corrected chi connectivity index (χ3v) is 3.17. The Balaban J connectivity index is 2.02. The van der Waals surface area contributed by atoms with Gasteiger partial charge >= 0.3 is 0 Å². The molecule has 2 heteroatoms. The smallest absolute Gasteiger partial charge is 0.0407 e. The Bertz CT molecular complexity index is 342. The van der Waals surface area contributed by atoms with Gasteiger partial charge < -0.3 is 5.32 Å². The van der Waals surface area contributed by atoms with E-state index in [-0.39, 0.29) is 0 Å². The highest BCUT2D eigenvalue weighted by Crippen LogP contribution is 2.22. The Morgan fingerprint density at radius 2 is 2.00 bits per heavy atom. The Morgan fingerprint density at radius 1 is 1.27 bits per heavy atom. The topological polar surface area (TPSA) is 12.0 Å². The lowest BCUT2D eigenvalue weighted by atomic mass is 9.92. The summed E-state index contributed by atoms with van der Waals surface area (Å²) in [6.07, 6.45) is 6.94. The molecule has 1 nitrogen and oxygen atoms in total. The third kappa shape index (κ3) is 2.75. The number of rotatable bonds is 2. The summed E-state index contributed by atoms with van der Waals surface area (Å²) in [5.41, 5.74) is 1.16. The normalized spacial score (nSPS) is 25.2. The second kappa shape index (κ2) is 4.71. The minimum Gasteiger partial charge on any atom is -0.382 e. The van der Waals surface area contributed by atoms with Crippen molar-refractivity contribution in [1.29, 1.82) is 0 Å². The standard InChI is InChI=1S/C13H16ClN/c1-10-4-2-3-5-13(10)15-12-8-6-11(14)7-9-12/h2,4,6-10,13,15H,3,5H2,1H3. The molecular formula is C13H16ClN. The fraction of sp³-hybridized carbons (Fsp3) is 0.385. The van der Waals surface area contributed by atoms with Gasteiger partial charge in [-0.15, -0.1) is 0 Å². The third-order valence-electron chi connectivity index (χ3n) is 2.91. The SMILES string of the molecule is CC1C=CCCC1Nc1ccc(Cl)cc1. The number of allylic oxidation sites excluding steroid dienone is 1. The van der Waals surface area contributed by atoms with Crippen LogP contribution in [0.5, 0.6) is 0 Å². The Labute approximate surface area is 96.1 Å². The molecule has 0 fully saturated rings. The van der Waals surface area contributed by atoms with Gasteiger partial charge in [0.25, 0.3) is 0 Å². The van der Waals surface area contributed by atoms with E-state index in [9.17, 15) is 0 Å². The number of hydrogen-bond acceptors (Lipinski definition) is 1. The molecule has 1 N–H and O–H groups in total. The summed E-state index contributed by atoms with van der Waals surface area (Å²) < 4.78 is 0. The molecule has 0 bridgehead atoms. The van der Waals surface area contributed by atoms with Gasteiger partial charge in [-0.3, -0.25) is 0 Å². The summed E-state index contributed by atoms with van der Waals surface area (Å²) in [5, 5.41) is 4.34. The highest BCUT2D eigenvalue weighted by Gasteiger charge is 2.16. The molecule has 0 amide bonds. The minimum absolute atomic E-state index is 0.552. The van der Waals surface area contributed by atoms with E-state index in [4.69, 9.17) is 11.6 Å². The van der Waals surface area contributed by atoms with Crippen LogP contribution in [0, 0.1) is 5.92 Å². The van der Waals surface area contributed by atoms with Crippen LogP contribution in [0.1, 0.15) is 19.8 Å². The molecule has 0 saturated heterocycles. The van der Waals surface area contributed by atoms with E-state index >= 15 is 0 Å². The maximum Gasteiger partial charge on any atom is 0.0407 e. The van der Waals surface area contributed by atoms with E-state index in [1.165, 1.54) is 12.8 Å². The zero-order valence-corrected chi connectivity index (χ0v) is 9.67. The number of anilines is 1. The molecule has 1 aliphatic carbocycles. The van der Waals surface area contributed by atoms with E-state index in [0.717, 1.165) is 10.7 Å². The molecular weight excluding hydrogens is 206 g/mol. The van der Waals surface area contributed by atoms with Gasteiger partial charge in [0, 0.05) is 16.8 Å². The first-order chi connectivity index (χ1) is 7.25. The van der Waals surface area contributed by atoms with Gasteiger partial charge in [-0.25, -0.2) is 0 Å². The summed E-state index contributed by atoms with van der Waals surface area (Å²) in [4.78, 5) is 0. The van der Waals surface area contributed by atoms with Crippen LogP contribution in [0.3, 0.4) is 0 Å². The molecule has 1 aliphatic rings. The van der Waals surface area contributed by atoms with E-state index < -0.39 is 0 Å². The van der Waals surface area contributed by atoms with Crippen LogP contribution < -0.4 is 5.32 Å². The van der Waals surface area contributed by atoms with Gasteiger partial charge in [0.2, 0.25) is 0 Å². The number of nitrogens with one attached hydrogen (secondary N) is 1. The van der Waals surface area contributed by atoms with Crippen LogP contribution in [0.15, 0.2) is 36.4 Å². The van der Waals surface area contributed by atoms with Crippen molar-refractivity contribution in [3.63, 3.8) is 0 Å². The average Bonchev–Trinajstić information content (AvgIpc) is 2.25. The molecule has 0 radical (unpaired) electrons. The first-order valence-electron chi connectivity index (χ1n) is 5.44. The molecule has 2 rings (SSSR count). The Morgan fingerprint density at radius 3 is 2.67 bits per heavy atom. The van der Waals surface area contributed by atoms with E-state index in [1.807, 2.05) is 24.3 Å². The molecule has 0 heterocycles. The number of hydrogen-bond donors (Lipinski definition) is 1. The second-order valence-corrected chi connectivity index (χ2v) is 4.56. The monoisotopic (exact) mass is 221 g/mol. The second-order valence-electron chi connectivity index (χ2n) is 4.12. The molecule has 2 atom stereocenters. The van der Waals surface area contributed by atoms with Gasteiger partial charge in [0.05, 0.1) is 0 Å². The first-order valence-corrected chi connectivity index (χ1v) is 5.82. The van der Waals surface area contributed by atoms with E-state index in [0.29, 0.717) is 12.0 Å². The summed E-state index contributed by atoms with van der Waals surface area (Å²) in [6.45, 7) is 2.25. The molecule has 0 saturated carbocycles. The van der Waals surface area contributed by atoms with Gasteiger partial charge in [-0.05, 0) is 43.0 Å². The van der Waals surface area contributed by atoms with Crippen LogP contribution in [-0.4, -0.2) is 6.04 Å². The molecule has 0 aromatic heterocycles. The minimum atomic E-state index is 0.552. The predicted octanol–water partition coefficient (Wildman–Crippen LogP) is 4.11. The molecule has 15 heavy (non-hydrogen) atoms. The van der Waals surface area contributed by atoms with Crippen LogP contribution in [-0.2, 0) is 0 Å². The van der Waals surface area contributed by atoms with Gasteiger partial charge in [0.15, 0.2) is 0 Å². The Hall–Kier alpha value is -0.950. The van der Waals surface area contributed by atoms with Crippen molar-refractivity contribution in [2.24, 2.45) is 5.92 Å². The summed E-state index contributed by atoms with van der Waals surface area (Å²) in [7, 11) is 0. The molecule has 2 unspecified atom stereocenters. The van der Waals surface area contributed by atoms with E-state index in [1.54, 1.807) is 0 Å². The Kier molecular flexibility index (Phi) is 3.32. The van der Waals surface area contributed by atoms with Gasteiger partial charge in [-0.2, -0.15) is 0 Å². The average molecular weight is 222 g/mol. The molecule has 1 aromatic rings. The van der Waals surface area contributed by atoms with Crippen molar-refractivity contribution in [1.82, 2.24) is 0 Å². The lowest BCUT2D eigenvalue weighted by Crippen LogP contribution is -2.27. The van der Waals surface area contributed by atoms with Crippen molar-refractivity contribution in [2.75, 3.05) is 5.32 Å². The summed E-state index contributed by atoms with van der Waals surface area (Å²) in [5.74, 6) is 0.606. The molecule has 0 spiro atoms. The highest BCUT2D eigenvalue weighted by molar-refractivity contribution is 6.30. The zero-order valence-electron chi connectivity index (χ0n) is 8.91. The maximum atomic E-state index is 5.84. The maximum absolute atomic E-state index is 5.84. The van der Waals surface area contributed by atoms with Gasteiger partial charge in [0.1, 0.15) is 0 Å². The largest absolute Gasteiger partial charge is 0.382 e. The van der Waals surface area contributed by atoms with Crippen LogP contribution in [0.4, 0.5) is 5.69 Å². The molecule has 0 aliphatic heterocycles. The fourth-order valence-corrected chi connectivity index (χ4v) is 2.07. The summed E-state index contributed by atoms with van der Waals surface area (Å²) in [6, 6.07) is 8.47. The van der Waals surface area contributed by atoms with E-state index in [2.05, 4.69) is 24.4 Å². The summed E-state index contributed by atoms with van der Waals surface area (Å²) >= 11 is 5.84. The number of benzene rings is 1. The molecule has 1 aromatic carbocycles. The predicted molar refractivity (Wildman–Crippen MR) is 66.4 cm³/mol. The lowest BCUT2D eigenvalue weighted by molar-refractivity contribution is 0.518. The van der Waals surface area contributed by atoms with Crippen molar-refractivity contribution >= 4 is 17.3 Å². The fourth-order valence-electron chi connectivity index (χ4n) is 1.95. The first kappa shape index (κ1) is 10.6. The van der Waals surface area contributed by atoms with Crippen LogP contribution in [0.25, 0.3) is 0 Å². The molecule has 80 valence electrons. The number of halogens is 1. The zero-order chi connectivity index (χ0) is 10.7. The highest BCUT2D eigenvalue weighted by atomic mass is 35.5. The van der Waals surface area contributed by atoms with Gasteiger partial charge in [-0.1, -0.05) is 30.7 Å². The van der Waals surface area contributed by atoms with Crippen molar-refractivity contribution in [3.05, 3.63) is 41.4 Å². The lowest BCUT2D eigenvalue weighted by Gasteiger charge is -2.26. The quantitative estimate of drug-likeness (QED) is 0.742. The van der Waals surface area contributed by atoms with Crippen LogP contribution >= 0.6 is 11.6 Å². The van der Waals surface area contributed by atoms with Crippen molar-refractivity contribution in [3.8, 4) is 0 Å². The van der Waals surface area contributed by atoms with Crippen molar-refractivity contribution < 1.29 is 0 Å². The van der Waals surface area contributed by atoms with Crippen molar-refractivity contribution in [2.45, 2.75) is 25.8 Å².